The Hall–Kier alpha value is -0.113. The molecule has 1 saturated carbocycles. The summed E-state index contributed by atoms with van der Waals surface area (Å²) in [6, 6.07) is 1.33. The topological polar surface area (TPSA) is 17.1 Å². The predicted octanol–water partition coefficient (Wildman–Crippen LogP) is 2.55. The summed E-state index contributed by atoms with van der Waals surface area (Å²) in [5.41, 5.74) is 0. The van der Waals surface area contributed by atoms with Gasteiger partial charge in [-0.1, -0.05) is 32.6 Å². The average molecular weight is 170 g/mol. The van der Waals surface area contributed by atoms with Crippen molar-refractivity contribution in [3.8, 4) is 0 Å². The van der Waals surface area contributed by atoms with Crippen molar-refractivity contribution < 1.29 is 4.79 Å². The minimum atomic E-state index is -0.914. The summed E-state index contributed by atoms with van der Waals surface area (Å²) in [5.74, 6) is 1.59. The van der Waals surface area contributed by atoms with E-state index < -0.39 is 8.07 Å². The molecular weight excluding hydrogens is 152 g/mol. The Morgan fingerprint density at radius 2 is 2.00 bits per heavy atom. The first-order valence-corrected chi connectivity index (χ1v) is 8.13. The summed E-state index contributed by atoms with van der Waals surface area (Å²) in [5, 5.41) is 0. The zero-order chi connectivity index (χ0) is 8.65. The zero-order valence-electron chi connectivity index (χ0n) is 7.98. The fourth-order valence-electron chi connectivity index (χ4n) is 1.76. The first kappa shape index (κ1) is 8.98. The average Bonchev–Trinajstić information content (AvgIpc) is 1.84. The van der Waals surface area contributed by atoms with Crippen LogP contribution in [0.3, 0.4) is 0 Å². The van der Waals surface area contributed by atoms with Crippen LogP contribution in [0.25, 0.3) is 0 Å². The lowest BCUT2D eigenvalue weighted by atomic mass is 9.75. The number of hydrogen-bond donors (Lipinski definition) is 0. The summed E-state index contributed by atoms with van der Waals surface area (Å²) in [6.07, 6.45) is 0.867. The molecule has 1 nitrogen and oxygen atoms in total. The van der Waals surface area contributed by atoms with E-state index in [1.165, 1.54) is 6.04 Å². The smallest absolute Gasteiger partial charge is 0.136 e. The Kier molecular flexibility index (Phi) is 2.24. The van der Waals surface area contributed by atoms with E-state index in [4.69, 9.17) is 0 Å². The monoisotopic (exact) mass is 170 g/mol. The molecule has 11 heavy (non-hydrogen) atoms. The van der Waals surface area contributed by atoms with Crippen LogP contribution >= 0.6 is 0 Å². The van der Waals surface area contributed by atoms with Gasteiger partial charge in [0.05, 0.1) is 0 Å². The Bertz CT molecular complexity index is 169. The molecule has 2 heteroatoms. The van der Waals surface area contributed by atoms with Crippen LogP contribution in [-0.4, -0.2) is 13.9 Å². The number of hydrogen-bond acceptors (Lipinski definition) is 1. The van der Waals surface area contributed by atoms with Gasteiger partial charge in [0.1, 0.15) is 5.78 Å². The van der Waals surface area contributed by atoms with Crippen LogP contribution in [0.5, 0.6) is 0 Å². The lowest BCUT2D eigenvalue weighted by Gasteiger charge is -2.36. The third-order valence-corrected chi connectivity index (χ3v) is 4.30. The predicted molar refractivity (Wildman–Crippen MR) is 50.4 cm³/mol. The number of Topliss-reactive ketones (excluding diaryl/α,β-unsaturated/α-hetero) is 1. The normalized spacial score (nSPS) is 31.8. The standard InChI is InChI=1S/C9H18OSi/c1-7-8(5-9(7)10)6-11(2,3)4/h7-8H,5-6H2,1-4H3. The molecule has 1 aliphatic rings. The summed E-state index contributed by atoms with van der Waals surface area (Å²) >= 11 is 0. The molecule has 0 aromatic heterocycles. The van der Waals surface area contributed by atoms with E-state index in [9.17, 15) is 4.79 Å². The van der Waals surface area contributed by atoms with Gasteiger partial charge in [-0.25, -0.2) is 0 Å². The highest BCUT2D eigenvalue weighted by Crippen LogP contribution is 2.36. The second kappa shape index (κ2) is 2.74. The van der Waals surface area contributed by atoms with E-state index in [2.05, 4.69) is 26.6 Å². The minimum absolute atomic E-state index is 0.377. The number of ketones is 1. The zero-order valence-corrected chi connectivity index (χ0v) is 8.98. The highest BCUT2D eigenvalue weighted by atomic mass is 28.3. The van der Waals surface area contributed by atoms with Gasteiger partial charge in [0.25, 0.3) is 0 Å². The van der Waals surface area contributed by atoms with Gasteiger partial charge in [-0.3, -0.25) is 4.79 Å². The van der Waals surface area contributed by atoms with Gasteiger partial charge in [-0.15, -0.1) is 0 Å². The van der Waals surface area contributed by atoms with Crippen molar-refractivity contribution in [1.29, 1.82) is 0 Å². The Balaban J connectivity index is 2.36. The van der Waals surface area contributed by atoms with Crippen molar-refractivity contribution in [2.24, 2.45) is 11.8 Å². The lowest BCUT2D eigenvalue weighted by molar-refractivity contribution is -0.132. The minimum Gasteiger partial charge on any atom is -0.299 e. The fraction of sp³-hybridized carbons (Fsp3) is 0.889. The molecular formula is C9H18OSi. The molecule has 0 saturated heterocycles. The van der Waals surface area contributed by atoms with Crippen LogP contribution in [0.15, 0.2) is 0 Å². The molecule has 0 aliphatic heterocycles. The molecule has 0 N–H and O–H groups in total. The van der Waals surface area contributed by atoms with Gasteiger partial charge in [-0.05, 0) is 5.92 Å². The molecule has 0 aromatic carbocycles. The number of carbonyl (C=O) groups is 1. The van der Waals surface area contributed by atoms with E-state index in [-0.39, 0.29) is 0 Å². The van der Waals surface area contributed by atoms with E-state index in [1.807, 2.05) is 0 Å². The molecule has 1 rings (SSSR count). The van der Waals surface area contributed by atoms with Crippen molar-refractivity contribution in [3.05, 3.63) is 0 Å². The fourth-order valence-corrected chi connectivity index (χ4v) is 3.83. The third kappa shape index (κ3) is 2.16. The summed E-state index contributed by atoms with van der Waals surface area (Å²) in [6.45, 7) is 9.21. The maximum absolute atomic E-state index is 10.9. The van der Waals surface area contributed by atoms with Crippen LogP contribution in [-0.2, 0) is 4.79 Å². The van der Waals surface area contributed by atoms with Gasteiger partial charge in [0, 0.05) is 20.4 Å². The molecule has 2 atom stereocenters. The van der Waals surface area contributed by atoms with Crippen LogP contribution in [0, 0.1) is 11.8 Å². The van der Waals surface area contributed by atoms with Crippen molar-refractivity contribution in [2.45, 2.75) is 39.0 Å². The van der Waals surface area contributed by atoms with Crippen molar-refractivity contribution in [2.75, 3.05) is 0 Å². The van der Waals surface area contributed by atoms with Crippen LogP contribution in [0.2, 0.25) is 25.7 Å². The molecule has 2 unspecified atom stereocenters. The Labute approximate surface area is 70.2 Å². The maximum Gasteiger partial charge on any atom is 0.136 e. The molecule has 0 radical (unpaired) electrons. The third-order valence-electron chi connectivity index (χ3n) is 2.55. The van der Waals surface area contributed by atoms with E-state index >= 15 is 0 Å². The largest absolute Gasteiger partial charge is 0.299 e. The maximum atomic E-state index is 10.9. The van der Waals surface area contributed by atoms with Crippen LogP contribution in [0.1, 0.15) is 13.3 Å². The first-order valence-electron chi connectivity index (χ1n) is 4.43. The molecule has 0 aromatic rings. The highest BCUT2D eigenvalue weighted by Gasteiger charge is 2.38. The molecule has 0 heterocycles. The summed E-state index contributed by atoms with van der Waals surface area (Å²) < 4.78 is 0. The van der Waals surface area contributed by atoms with E-state index in [0.29, 0.717) is 11.7 Å². The quantitative estimate of drug-likeness (QED) is 0.582. The molecule has 0 bridgehead atoms. The molecule has 1 aliphatic carbocycles. The van der Waals surface area contributed by atoms with Gasteiger partial charge < -0.3 is 0 Å². The number of carbonyl (C=O) groups excluding carboxylic acids is 1. The second-order valence-electron chi connectivity index (χ2n) is 4.98. The highest BCUT2D eigenvalue weighted by molar-refractivity contribution is 6.76. The van der Waals surface area contributed by atoms with Crippen molar-refractivity contribution >= 4 is 13.9 Å². The van der Waals surface area contributed by atoms with Gasteiger partial charge in [0.2, 0.25) is 0 Å². The Morgan fingerprint density at radius 3 is 2.27 bits per heavy atom. The van der Waals surface area contributed by atoms with Gasteiger partial charge >= 0.3 is 0 Å². The summed E-state index contributed by atoms with van der Waals surface area (Å²) in [7, 11) is -0.914. The SMILES string of the molecule is CC1C(=O)CC1C[Si](C)(C)C. The van der Waals surface area contributed by atoms with Crippen LogP contribution < -0.4 is 0 Å². The van der Waals surface area contributed by atoms with E-state index in [0.717, 1.165) is 12.3 Å². The second-order valence-corrected chi connectivity index (χ2v) is 10.5. The molecule has 1 fully saturated rings. The van der Waals surface area contributed by atoms with Crippen molar-refractivity contribution in [1.82, 2.24) is 0 Å². The van der Waals surface area contributed by atoms with Gasteiger partial charge in [0.15, 0.2) is 0 Å². The Morgan fingerprint density at radius 1 is 1.45 bits per heavy atom. The molecule has 64 valence electrons. The van der Waals surface area contributed by atoms with Gasteiger partial charge in [-0.2, -0.15) is 0 Å². The lowest BCUT2D eigenvalue weighted by Crippen LogP contribution is -2.39. The molecule has 0 amide bonds. The van der Waals surface area contributed by atoms with Crippen molar-refractivity contribution in [3.63, 3.8) is 0 Å². The number of rotatable bonds is 2. The molecule has 0 spiro atoms. The van der Waals surface area contributed by atoms with Crippen LogP contribution in [0.4, 0.5) is 0 Å². The summed E-state index contributed by atoms with van der Waals surface area (Å²) in [4.78, 5) is 10.9. The van der Waals surface area contributed by atoms with E-state index in [1.54, 1.807) is 0 Å². The first-order chi connectivity index (χ1) is 4.90.